The van der Waals surface area contributed by atoms with Crippen molar-refractivity contribution in [3.63, 3.8) is 0 Å². The topological polar surface area (TPSA) is 84.9 Å². The van der Waals surface area contributed by atoms with Crippen molar-refractivity contribution >= 4 is 21.6 Å². The van der Waals surface area contributed by atoms with Crippen LogP contribution in [0.1, 0.15) is 31.9 Å². The van der Waals surface area contributed by atoms with Crippen LogP contribution in [-0.2, 0) is 14.8 Å². The highest BCUT2D eigenvalue weighted by molar-refractivity contribution is 7.89. The standard InChI is InChI=1S/C22H30N2O5S/c1-6-24(7-2)30(26,27)21-14-18(10-12-20(21)28-8-3)23-22(25)15-29-19-11-9-16(4)17(5)13-19/h9-14H,6-8,15H2,1-5H3,(H,23,25). The molecule has 1 amide bonds. The number of nitrogens with zero attached hydrogens (tertiary/aromatic N) is 1. The largest absolute Gasteiger partial charge is 0.492 e. The van der Waals surface area contributed by atoms with Gasteiger partial charge in [-0.25, -0.2) is 8.42 Å². The Balaban J connectivity index is 2.19. The molecule has 0 bridgehead atoms. The summed E-state index contributed by atoms with van der Waals surface area (Å²) in [4.78, 5) is 12.4. The number of amides is 1. The van der Waals surface area contributed by atoms with Crippen LogP contribution in [0.5, 0.6) is 11.5 Å². The summed E-state index contributed by atoms with van der Waals surface area (Å²) < 4.78 is 38.4. The lowest BCUT2D eigenvalue weighted by atomic mass is 10.1. The summed E-state index contributed by atoms with van der Waals surface area (Å²) in [7, 11) is -3.75. The lowest BCUT2D eigenvalue weighted by Crippen LogP contribution is -2.31. The minimum Gasteiger partial charge on any atom is -0.492 e. The van der Waals surface area contributed by atoms with Gasteiger partial charge in [0.25, 0.3) is 5.91 Å². The van der Waals surface area contributed by atoms with Gasteiger partial charge in [-0.05, 0) is 62.2 Å². The van der Waals surface area contributed by atoms with Crippen LogP contribution in [0.15, 0.2) is 41.3 Å². The molecular formula is C22H30N2O5S. The van der Waals surface area contributed by atoms with E-state index in [-0.39, 0.29) is 23.2 Å². The van der Waals surface area contributed by atoms with E-state index >= 15 is 0 Å². The predicted octanol–water partition coefficient (Wildman–Crippen LogP) is 3.75. The van der Waals surface area contributed by atoms with Crippen molar-refractivity contribution in [2.24, 2.45) is 0 Å². The Labute approximate surface area is 179 Å². The summed E-state index contributed by atoms with van der Waals surface area (Å²) in [5, 5.41) is 2.69. The number of hydrogen-bond donors (Lipinski definition) is 1. The van der Waals surface area contributed by atoms with Crippen molar-refractivity contribution in [3.05, 3.63) is 47.5 Å². The van der Waals surface area contributed by atoms with Gasteiger partial charge in [0.15, 0.2) is 6.61 Å². The van der Waals surface area contributed by atoms with Gasteiger partial charge in [-0.15, -0.1) is 0 Å². The zero-order chi connectivity index (χ0) is 22.3. The average molecular weight is 435 g/mol. The predicted molar refractivity (Wildman–Crippen MR) is 118 cm³/mol. The first-order chi connectivity index (χ1) is 14.2. The molecule has 0 spiro atoms. The third kappa shape index (κ3) is 5.73. The second kappa shape index (κ2) is 10.4. The van der Waals surface area contributed by atoms with E-state index in [2.05, 4.69) is 5.32 Å². The zero-order valence-corrected chi connectivity index (χ0v) is 19.0. The summed E-state index contributed by atoms with van der Waals surface area (Å²) in [6.07, 6.45) is 0. The van der Waals surface area contributed by atoms with Crippen molar-refractivity contribution in [1.82, 2.24) is 4.31 Å². The fourth-order valence-electron chi connectivity index (χ4n) is 2.91. The number of anilines is 1. The van der Waals surface area contributed by atoms with Gasteiger partial charge in [0.2, 0.25) is 10.0 Å². The second-order valence-corrected chi connectivity index (χ2v) is 8.67. The molecule has 1 N–H and O–H groups in total. The Morgan fingerprint density at radius 1 is 0.967 bits per heavy atom. The fourth-order valence-corrected chi connectivity index (χ4v) is 4.53. The monoisotopic (exact) mass is 434 g/mol. The van der Waals surface area contributed by atoms with Crippen LogP contribution in [0.2, 0.25) is 0 Å². The van der Waals surface area contributed by atoms with Crippen molar-refractivity contribution in [2.75, 3.05) is 31.6 Å². The lowest BCUT2D eigenvalue weighted by molar-refractivity contribution is -0.118. The molecule has 0 aliphatic heterocycles. The van der Waals surface area contributed by atoms with Crippen molar-refractivity contribution in [1.29, 1.82) is 0 Å². The van der Waals surface area contributed by atoms with Gasteiger partial charge in [0, 0.05) is 18.8 Å². The zero-order valence-electron chi connectivity index (χ0n) is 18.2. The quantitative estimate of drug-likeness (QED) is 0.616. The number of carbonyl (C=O) groups is 1. The van der Waals surface area contributed by atoms with Crippen LogP contribution in [0.4, 0.5) is 5.69 Å². The van der Waals surface area contributed by atoms with Gasteiger partial charge < -0.3 is 14.8 Å². The van der Waals surface area contributed by atoms with E-state index in [9.17, 15) is 13.2 Å². The Hall–Kier alpha value is -2.58. The molecule has 30 heavy (non-hydrogen) atoms. The molecule has 0 heterocycles. The van der Waals surface area contributed by atoms with Crippen LogP contribution in [0.25, 0.3) is 0 Å². The summed E-state index contributed by atoms with van der Waals surface area (Å²) in [5.41, 5.74) is 2.58. The Morgan fingerprint density at radius 2 is 1.67 bits per heavy atom. The van der Waals surface area contributed by atoms with Gasteiger partial charge in [-0.2, -0.15) is 4.31 Å². The van der Waals surface area contributed by atoms with E-state index in [4.69, 9.17) is 9.47 Å². The Kier molecular flexibility index (Phi) is 8.25. The van der Waals surface area contributed by atoms with Crippen molar-refractivity contribution in [2.45, 2.75) is 39.5 Å². The molecule has 0 aliphatic carbocycles. The normalized spacial score (nSPS) is 11.4. The second-order valence-electron chi connectivity index (χ2n) is 6.77. The molecule has 2 rings (SSSR count). The maximum absolute atomic E-state index is 13.0. The minimum atomic E-state index is -3.75. The van der Waals surface area contributed by atoms with E-state index in [1.165, 1.54) is 10.4 Å². The van der Waals surface area contributed by atoms with Crippen LogP contribution in [0, 0.1) is 13.8 Å². The molecule has 0 fully saturated rings. The number of rotatable bonds is 10. The van der Waals surface area contributed by atoms with E-state index < -0.39 is 10.0 Å². The van der Waals surface area contributed by atoms with Crippen molar-refractivity contribution in [3.8, 4) is 11.5 Å². The molecule has 0 radical (unpaired) electrons. The first-order valence-corrected chi connectivity index (χ1v) is 11.4. The van der Waals surface area contributed by atoms with Gasteiger partial charge in [-0.3, -0.25) is 4.79 Å². The molecular weight excluding hydrogens is 404 g/mol. The van der Waals surface area contributed by atoms with Crippen LogP contribution >= 0.6 is 0 Å². The molecule has 0 aromatic heterocycles. The van der Waals surface area contributed by atoms with E-state index in [0.29, 0.717) is 31.1 Å². The van der Waals surface area contributed by atoms with E-state index in [1.54, 1.807) is 39.0 Å². The van der Waals surface area contributed by atoms with Gasteiger partial charge in [-0.1, -0.05) is 19.9 Å². The molecule has 0 aliphatic rings. The number of carbonyl (C=O) groups excluding carboxylic acids is 1. The molecule has 0 saturated carbocycles. The lowest BCUT2D eigenvalue weighted by Gasteiger charge is -2.21. The Bertz CT molecular complexity index is 985. The molecule has 164 valence electrons. The average Bonchev–Trinajstić information content (AvgIpc) is 2.71. The number of aryl methyl sites for hydroxylation is 2. The van der Waals surface area contributed by atoms with Crippen LogP contribution in [0.3, 0.4) is 0 Å². The van der Waals surface area contributed by atoms with Crippen molar-refractivity contribution < 1.29 is 22.7 Å². The maximum atomic E-state index is 13.0. The van der Waals surface area contributed by atoms with E-state index in [1.807, 2.05) is 26.0 Å². The van der Waals surface area contributed by atoms with E-state index in [0.717, 1.165) is 11.1 Å². The maximum Gasteiger partial charge on any atom is 0.262 e. The first-order valence-electron chi connectivity index (χ1n) is 9.99. The number of sulfonamides is 1. The molecule has 0 saturated heterocycles. The molecule has 8 heteroatoms. The molecule has 2 aromatic carbocycles. The van der Waals surface area contributed by atoms with Gasteiger partial charge in [0.05, 0.1) is 6.61 Å². The minimum absolute atomic E-state index is 0.0286. The number of ether oxygens (including phenoxy) is 2. The van der Waals surface area contributed by atoms with Gasteiger partial charge >= 0.3 is 0 Å². The SMILES string of the molecule is CCOc1ccc(NC(=O)COc2ccc(C)c(C)c2)cc1S(=O)(=O)N(CC)CC. The third-order valence-corrected chi connectivity index (χ3v) is 6.77. The first kappa shape index (κ1) is 23.7. The van der Waals surface area contributed by atoms with Crippen LogP contribution < -0.4 is 14.8 Å². The summed E-state index contributed by atoms with van der Waals surface area (Å²) in [6, 6.07) is 10.2. The number of nitrogens with one attached hydrogen (secondary N) is 1. The third-order valence-electron chi connectivity index (χ3n) is 4.70. The number of benzene rings is 2. The highest BCUT2D eigenvalue weighted by Crippen LogP contribution is 2.30. The molecule has 0 unspecified atom stereocenters. The summed E-state index contributed by atoms with van der Waals surface area (Å²) in [5.74, 6) is 0.474. The Morgan fingerprint density at radius 3 is 2.27 bits per heavy atom. The highest BCUT2D eigenvalue weighted by Gasteiger charge is 2.26. The summed E-state index contributed by atoms with van der Waals surface area (Å²) in [6.45, 7) is 10.1. The number of hydrogen-bond acceptors (Lipinski definition) is 5. The molecule has 0 atom stereocenters. The van der Waals surface area contributed by atoms with Gasteiger partial charge in [0.1, 0.15) is 16.4 Å². The summed E-state index contributed by atoms with van der Waals surface area (Å²) >= 11 is 0. The highest BCUT2D eigenvalue weighted by atomic mass is 32.2. The van der Waals surface area contributed by atoms with Crippen LogP contribution in [-0.4, -0.2) is 44.9 Å². The smallest absolute Gasteiger partial charge is 0.262 e. The molecule has 7 nitrogen and oxygen atoms in total. The molecule has 2 aromatic rings. The fraction of sp³-hybridized carbons (Fsp3) is 0.409.